The molecular weight excluding hydrogens is 456 g/mol. The fourth-order valence-electron chi connectivity index (χ4n) is 3.67. The highest BCUT2D eigenvalue weighted by atomic mass is 79.9. The van der Waals surface area contributed by atoms with Crippen molar-refractivity contribution in [1.82, 2.24) is 19.2 Å². The Morgan fingerprint density at radius 1 is 1.00 bits per heavy atom. The number of carbonyl (C=O) groups excluding carboxylic acids is 1. The summed E-state index contributed by atoms with van der Waals surface area (Å²) >= 11 is 3.37. The van der Waals surface area contributed by atoms with E-state index in [0.717, 1.165) is 21.0 Å². The molecule has 2 aromatic heterocycles. The topological polar surface area (TPSA) is 69.3 Å². The van der Waals surface area contributed by atoms with Crippen LogP contribution in [-0.4, -0.2) is 24.9 Å². The summed E-state index contributed by atoms with van der Waals surface area (Å²) in [6.45, 7) is 1.91. The number of hydrogen-bond acceptors (Lipinski definition) is 4. The number of hydrogen-bond donors (Lipinski definition) is 0. The quantitative estimate of drug-likeness (QED) is 0.356. The molecule has 0 aliphatic rings. The van der Waals surface area contributed by atoms with Gasteiger partial charge in [-0.15, -0.1) is 5.10 Å². The molecule has 2 heterocycles. The molecule has 0 unspecified atom stereocenters. The van der Waals surface area contributed by atoms with Crippen molar-refractivity contribution in [3.63, 3.8) is 0 Å². The highest BCUT2D eigenvalue weighted by molar-refractivity contribution is 9.10. The molecule has 0 saturated carbocycles. The van der Waals surface area contributed by atoms with Crippen LogP contribution in [0, 0.1) is 6.92 Å². The van der Waals surface area contributed by atoms with Crippen LogP contribution in [0.1, 0.15) is 15.9 Å². The summed E-state index contributed by atoms with van der Waals surface area (Å²) in [4.78, 5) is 30.9. The molecule has 5 rings (SSSR count). The zero-order valence-electron chi connectivity index (χ0n) is 16.6. The third-order valence-corrected chi connectivity index (χ3v) is 5.73. The molecule has 0 N–H and O–H groups in total. The van der Waals surface area contributed by atoms with Crippen LogP contribution in [0.2, 0.25) is 0 Å². The highest BCUT2D eigenvalue weighted by Gasteiger charge is 2.18. The molecule has 0 atom stereocenters. The van der Waals surface area contributed by atoms with Gasteiger partial charge in [-0.3, -0.25) is 9.36 Å². The van der Waals surface area contributed by atoms with Gasteiger partial charge in [0.15, 0.2) is 17.3 Å². The lowest BCUT2D eigenvalue weighted by atomic mass is 10.1. The Morgan fingerprint density at radius 3 is 2.55 bits per heavy atom. The van der Waals surface area contributed by atoms with Crippen LogP contribution in [-0.2, 0) is 6.54 Å². The molecule has 0 saturated heterocycles. The fraction of sp³-hybridized carbons (Fsp3) is 0.0833. The lowest BCUT2D eigenvalue weighted by Gasteiger charge is -2.10. The van der Waals surface area contributed by atoms with Crippen molar-refractivity contribution in [2.75, 3.05) is 0 Å². The first kappa shape index (κ1) is 19.4. The Hall–Kier alpha value is -3.58. The molecule has 0 radical (unpaired) electrons. The summed E-state index contributed by atoms with van der Waals surface area (Å²) in [5.74, 6) is 0.320. The van der Waals surface area contributed by atoms with E-state index in [1.54, 1.807) is 12.1 Å². The Morgan fingerprint density at radius 2 is 1.77 bits per heavy atom. The smallest absolute Gasteiger partial charge is 0.292 e. The van der Waals surface area contributed by atoms with Crippen molar-refractivity contribution in [3.8, 4) is 11.4 Å². The molecule has 5 aromatic rings. The minimum Gasteiger partial charge on any atom is -0.292 e. The van der Waals surface area contributed by atoms with E-state index in [-0.39, 0.29) is 12.3 Å². The summed E-state index contributed by atoms with van der Waals surface area (Å²) in [7, 11) is 0. The number of ketones is 1. The molecule has 6 nitrogen and oxygen atoms in total. The Balaban J connectivity index is 1.69. The number of Topliss-reactive ketones (excluding diaryl/α,β-unsaturated/α-hetero) is 1. The van der Waals surface area contributed by atoms with Gasteiger partial charge in [0.1, 0.15) is 0 Å². The maximum atomic E-state index is 13.3. The van der Waals surface area contributed by atoms with Crippen LogP contribution in [0.5, 0.6) is 0 Å². The van der Waals surface area contributed by atoms with Crippen molar-refractivity contribution in [2.45, 2.75) is 13.5 Å². The fourth-order valence-corrected chi connectivity index (χ4v) is 3.93. The maximum Gasteiger partial charge on any atom is 0.351 e. The Bertz CT molecular complexity index is 1520. The zero-order valence-corrected chi connectivity index (χ0v) is 18.2. The first-order valence-electron chi connectivity index (χ1n) is 9.75. The molecule has 0 amide bonds. The van der Waals surface area contributed by atoms with Crippen LogP contribution in [0.15, 0.2) is 82.1 Å². The monoisotopic (exact) mass is 472 g/mol. The molecule has 31 heavy (non-hydrogen) atoms. The highest BCUT2D eigenvalue weighted by Crippen LogP contribution is 2.22. The van der Waals surface area contributed by atoms with Crippen LogP contribution in [0.4, 0.5) is 0 Å². The van der Waals surface area contributed by atoms with Crippen molar-refractivity contribution < 1.29 is 4.79 Å². The predicted molar refractivity (Wildman–Crippen MR) is 123 cm³/mol. The third kappa shape index (κ3) is 3.47. The normalized spacial score (nSPS) is 11.3. The second kappa shape index (κ2) is 7.59. The molecule has 152 valence electrons. The number of aryl methyl sites for hydroxylation is 1. The van der Waals surface area contributed by atoms with Gasteiger partial charge in [0, 0.05) is 21.0 Å². The summed E-state index contributed by atoms with van der Waals surface area (Å²) in [6.07, 6.45) is 0. The summed E-state index contributed by atoms with van der Waals surface area (Å²) in [6, 6.07) is 22.4. The van der Waals surface area contributed by atoms with E-state index >= 15 is 0 Å². The van der Waals surface area contributed by atoms with E-state index in [2.05, 4.69) is 26.0 Å². The number of benzene rings is 3. The van der Waals surface area contributed by atoms with E-state index in [1.165, 1.54) is 9.08 Å². The maximum absolute atomic E-state index is 13.3. The summed E-state index contributed by atoms with van der Waals surface area (Å²) in [5, 5.41) is 5.24. The van der Waals surface area contributed by atoms with Crippen LogP contribution in [0.3, 0.4) is 0 Å². The second-order valence-electron chi connectivity index (χ2n) is 7.36. The second-order valence-corrected chi connectivity index (χ2v) is 8.27. The number of rotatable bonds is 4. The molecule has 0 bridgehead atoms. The number of halogens is 1. The van der Waals surface area contributed by atoms with E-state index in [4.69, 9.17) is 0 Å². The largest absolute Gasteiger partial charge is 0.351 e. The van der Waals surface area contributed by atoms with E-state index < -0.39 is 5.69 Å². The third-order valence-electron chi connectivity index (χ3n) is 5.20. The lowest BCUT2D eigenvalue weighted by Crippen LogP contribution is -2.30. The van der Waals surface area contributed by atoms with E-state index in [1.807, 2.05) is 67.6 Å². The Kier molecular flexibility index (Phi) is 4.75. The minimum absolute atomic E-state index is 0.0867. The number of para-hydroxylation sites is 1. The van der Waals surface area contributed by atoms with Gasteiger partial charge in [-0.2, -0.15) is 4.52 Å². The van der Waals surface area contributed by atoms with Crippen LogP contribution < -0.4 is 5.69 Å². The van der Waals surface area contributed by atoms with Crippen LogP contribution in [0.25, 0.3) is 27.9 Å². The molecule has 0 aliphatic carbocycles. The van der Waals surface area contributed by atoms with E-state index in [0.29, 0.717) is 22.6 Å². The Labute approximate surface area is 185 Å². The minimum atomic E-state index is -0.398. The van der Waals surface area contributed by atoms with Crippen molar-refractivity contribution >= 4 is 38.3 Å². The van der Waals surface area contributed by atoms with Gasteiger partial charge in [-0.25, -0.2) is 9.78 Å². The first-order chi connectivity index (χ1) is 15.0. The molecule has 0 fully saturated rings. The SMILES string of the molecule is Cc1cccc(-c2nc3c4ccccc4n(CC(=O)c4ccc(Br)cc4)c(=O)n3n2)c1. The van der Waals surface area contributed by atoms with Gasteiger partial charge in [0.25, 0.3) is 0 Å². The van der Waals surface area contributed by atoms with Crippen molar-refractivity contribution in [2.24, 2.45) is 0 Å². The van der Waals surface area contributed by atoms with Gasteiger partial charge in [0.05, 0.1) is 12.1 Å². The molecular formula is C24H17BrN4O2. The average molecular weight is 473 g/mol. The summed E-state index contributed by atoms with van der Waals surface area (Å²) in [5.41, 5.74) is 3.19. The van der Waals surface area contributed by atoms with Gasteiger partial charge in [-0.1, -0.05) is 64.0 Å². The predicted octanol–water partition coefficient (Wildman–Crippen LogP) is 4.67. The van der Waals surface area contributed by atoms with Crippen LogP contribution >= 0.6 is 15.9 Å². The lowest BCUT2D eigenvalue weighted by molar-refractivity contribution is 0.0971. The van der Waals surface area contributed by atoms with E-state index in [9.17, 15) is 9.59 Å². The molecule has 7 heteroatoms. The van der Waals surface area contributed by atoms with Crippen molar-refractivity contribution in [1.29, 1.82) is 0 Å². The average Bonchev–Trinajstić information content (AvgIpc) is 3.23. The first-order valence-corrected chi connectivity index (χ1v) is 10.5. The standard InChI is InChI=1S/C24H17BrN4O2/c1-15-5-4-6-17(13-15)22-26-23-19-7-2-3-8-20(19)28(24(31)29(23)27-22)14-21(30)16-9-11-18(25)12-10-16/h2-13H,14H2,1H3. The van der Waals surface area contributed by atoms with Gasteiger partial charge >= 0.3 is 5.69 Å². The number of carbonyl (C=O) groups is 1. The van der Waals surface area contributed by atoms with Crippen molar-refractivity contribution in [3.05, 3.63) is 98.9 Å². The molecule has 3 aromatic carbocycles. The van der Waals surface area contributed by atoms with Gasteiger partial charge in [0.2, 0.25) is 0 Å². The number of aromatic nitrogens is 4. The number of nitrogens with zero attached hydrogens (tertiary/aromatic N) is 4. The number of fused-ring (bicyclic) bond motifs is 3. The summed E-state index contributed by atoms with van der Waals surface area (Å²) < 4.78 is 3.63. The molecule has 0 aliphatic heterocycles. The zero-order chi connectivity index (χ0) is 21.5. The molecule has 0 spiro atoms. The van der Waals surface area contributed by atoms with Gasteiger partial charge < -0.3 is 0 Å². The van der Waals surface area contributed by atoms with Gasteiger partial charge in [-0.05, 0) is 37.3 Å².